The third-order valence-corrected chi connectivity index (χ3v) is 5.08. The standard InChI is InChI=1S/C19H18Cl2N2O2/c1-2-22(14-6-4-3-5-7-14)19(25)13-10-18(24)23(12-13)15-8-9-16(20)17(21)11-15/h3-9,11,13H,2,10,12H2,1H3. The topological polar surface area (TPSA) is 40.6 Å². The molecular formula is C19H18Cl2N2O2. The quantitative estimate of drug-likeness (QED) is 0.793. The minimum absolute atomic E-state index is 0.0374. The van der Waals surface area contributed by atoms with Gasteiger partial charge in [-0.15, -0.1) is 0 Å². The number of amides is 2. The average Bonchev–Trinajstić information content (AvgIpc) is 3.01. The highest BCUT2D eigenvalue weighted by molar-refractivity contribution is 6.42. The molecule has 1 fully saturated rings. The largest absolute Gasteiger partial charge is 0.312 e. The van der Waals surface area contributed by atoms with Gasteiger partial charge in [0.25, 0.3) is 0 Å². The van der Waals surface area contributed by atoms with Crippen LogP contribution < -0.4 is 9.80 Å². The monoisotopic (exact) mass is 376 g/mol. The van der Waals surface area contributed by atoms with Crippen molar-refractivity contribution in [2.24, 2.45) is 5.92 Å². The molecule has 0 bridgehead atoms. The highest BCUT2D eigenvalue weighted by Gasteiger charge is 2.37. The van der Waals surface area contributed by atoms with Gasteiger partial charge in [0.05, 0.1) is 16.0 Å². The van der Waals surface area contributed by atoms with Gasteiger partial charge in [-0.1, -0.05) is 41.4 Å². The number of anilines is 2. The number of halogens is 2. The van der Waals surface area contributed by atoms with Crippen molar-refractivity contribution in [3.63, 3.8) is 0 Å². The Morgan fingerprint density at radius 3 is 2.52 bits per heavy atom. The van der Waals surface area contributed by atoms with E-state index in [1.165, 1.54) is 0 Å². The zero-order chi connectivity index (χ0) is 18.0. The summed E-state index contributed by atoms with van der Waals surface area (Å²) in [5, 5.41) is 0.826. The van der Waals surface area contributed by atoms with Crippen molar-refractivity contribution in [1.82, 2.24) is 0 Å². The lowest BCUT2D eigenvalue weighted by atomic mass is 10.1. The molecule has 2 aromatic carbocycles. The third-order valence-electron chi connectivity index (χ3n) is 4.34. The van der Waals surface area contributed by atoms with E-state index in [0.29, 0.717) is 28.8 Å². The molecule has 0 aliphatic carbocycles. The molecule has 3 rings (SSSR count). The average molecular weight is 377 g/mol. The minimum Gasteiger partial charge on any atom is -0.312 e. The number of carbonyl (C=O) groups is 2. The van der Waals surface area contributed by atoms with Gasteiger partial charge < -0.3 is 9.80 Å². The normalized spacial score (nSPS) is 17.0. The van der Waals surface area contributed by atoms with Crippen LogP contribution in [0.5, 0.6) is 0 Å². The Morgan fingerprint density at radius 2 is 1.88 bits per heavy atom. The van der Waals surface area contributed by atoms with Gasteiger partial charge in [0, 0.05) is 30.9 Å². The van der Waals surface area contributed by atoms with Crippen LogP contribution >= 0.6 is 23.2 Å². The van der Waals surface area contributed by atoms with E-state index >= 15 is 0 Å². The van der Waals surface area contributed by atoms with Gasteiger partial charge in [-0.3, -0.25) is 9.59 Å². The lowest BCUT2D eigenvalue weighted by Gasteiger charge is -2.24. The summed E-state index contributed by atoms with van der Waals surface area (Å²) in [4.78, 5) is 28.7. The van der Waals surface area contributed by atoms with Crippen molar-refractivity contribution >= 4 is 46.4 Å². The van der Waals surface area contributed by atoms with E-state index in [2.05, 4.69) is 0 Å². The summed E-state index contributed by atoms with van der Waals surface area (Å²) in [5.74, 6) is -0.493. The summed E-state index contributed by atoms with van der Waals surface area (Å²) >= 11 is 12.0. The molecular weight excluding hydrogens is 359 g/mol. The second kappa shape index (κ2) is 7.46. The number of nitrogens with zero attached hydrogens (tertiary/aromatic N) is 2. The van der Waals surface area contributed by atoms with Gasteiger partial charge in [0.2, 0.25) is 11.8 Å². The number of rotatable bonds is 4. The van der Waals surface area contributed by atoms with Crippen LogP contribution in [0, 0.1) is 5.92 Å². The Labute approximate surface area is 156 Å². The van der Waals surface area contributed by atoms with Crippen molar-refractivity contribution in [3.05, 3.63) is 58.6 Å². The highest BCUT2D eigenvalue weighted by atomic mass is 35.5. The van der Waals surface area contributed by atoms with Gasteiger partial charge in [0.15, 0.2) is 0 Å². The van der Waals surface area contributed by atoms with E-state index in [-0.39, 0.29) is 24.2 Å². The van der Waals surface area contributed by atoms with Crippen LogP contribution in [0.4, 0.5) is 11.4 Å². The number of benzene rings is 2. The first-order valence-corrected chi connectivity index (χ1v) is 8.88. The van der Waals surface area contributed by atoms with Gasteiger partial charge in [-0.25, -0.2) is 0 Å². The first kappa shape index (κ1) is 17.8. The molecule has 2 amide bonds. The summed E-state index contributed by atoms with van der Waals surface area (Å²) < 4.78 is 0. The smallest absolute Gasteiger partial charge is 0.232 e. The maximum absolute atomic E-state index is 12.9. The zero-order valence-corrected chi connectivity index (χ0v) is 15.3. The molecule has 1 aliphatic heterocycles. The molecule has 0 saturated carbocycles. The van der Waals surface area contributed by atoms with E-state index in [1.807, 2.05) is 37.3 Å². The zero-order valence-electron chi connectivity index (χ0n) is 13.8. The summed E-state index contributed by atoms with van der Waals surface area (Å²) in [5.41, 5.74) is 1.51. The Morgan fingerprint density at radius 1 is 1.16 bits per heavy atom. The minimum atomic E-state index is -0.373. The molecule has 1 heterocycles. The number of para-hydroxylation sites is 1. The van der Waals surface area contributed by atoms with E-state index in [1.54, 1.807) is 28.0 Å². The van der Waals surface area contributed by atoms with E-state index < -0.39 is 0 Å². The fourth-order valence-corrected chi connectivity index (χ4v) is 3.36. The van der Waals surface area contributed by atoms with Crippen LogP contribution in [0.15, 0.2) is 48.5 Å². The Kier molecular flexibility index (Phi) is 5.30. The molecule has 0 aromatic heterocycles. The van der Waals surface area contributed by atoms with E-state index in [9.17, 15) is 9.59 Å². The molecule has 1 saturated heterocycles. The van der Waals surface area contributed by atoms with Crippen LogP contribution in [0.2, 0.25) is 10.0 Å². The molecule has 1 aliphatic rings. The van der Waals surface area contributed by atoms with Crippen LogP contribution in [0.25, 0.3) is 0 Å². The Balaban J connectivity index is 1.79. The van der Waals surface area contributed by atoms with E-state index in [4.69, 9.17) is 23.2 Å². The van der Waals surface area contributed by atoms with Crippen molar-refractivity contribution < 1.29 is 9.59 Å². The molecule has 0 spiro atoms. The van der Waals surface area contributed by atoms with Gasteiger partial charge >= 0.3 is 0 Å². The molecule has 4 nitrogen and oxygen atoms in total. The molecule has 130 valence electrons. The first-order chi connectivity index (χ1) is 12.0. The number of hydrogen-bond donors (Lipinski definition) is 0. The lowest BCUT2D eigenvalue weighted by Crippen LogP contribution is -2.37. The second-order valence-corrected chi connectivity index (χ2v) is 6.74. The predicted octanol–water partition coefficient (Wildman–Crippen LogP) is 4.40. The molecule has 1 unspecified atom stereocenters. The fraction of sp³-hybridized carbons (Fsp3) is 0.263. The lowest BCUT2D eigenvalue weighted by molar-refractivity contribution is -0.124. The van der Waals surface area contributed by atoms with Crippen molar-refractivity contribution in [1.29, 1.82) is 0 Å². The molecule has 2 aromatic rings. The molecule has 25 heavy (non-hydrogen) atoms. The molecule has 0 N–H and O–H groups in total. The fourth-order valence-electron chi connectivity index (χ4n) is 3.07. The third kappa shape index (κ3) is 3.65. The van der Waals surface area contributed by atoms with Crippen molar-refractivity contribution in [2.75, 3.05) is 22.9 Å². The molecule has 0 radical (unpaired) electrons. The van der Waals surface area contributed by atoms with Gasteiger partial charge in [-0.2, -0.15) is 0 Å². The maximum Gasteiger partial charge on any atom is 0.232 e. The summed E-state index contributed by atoms with van der Waals surface area (Å²) in [6.07, 6.45) is 0.197. The summed E-state index contributed by atoms with van der Waals surface area (Å²) in [7, 11) is 0. The maximum atomic E-state index is 12.9. The van der Waals surface area contributed by atoms with Crippen LogP contribution in [0.3, 0.4) is 0 Å². The van der Waals surface area contributed by atoms with Crippen molar-refractivity contribution in [3.8, 4) is 0 Å². The van der Waals surface area contributed by atoms with Crippen molar-refractivity contribution in [2.45, 2.75) is 13.3 Å². The predicted molar refractivity (Wildman–Crippen MR) is 101 cm³/mol. The van der Waals surface area contributed by atoms with Crippen LogP contribution in [0.1, 0.15) is 13.3 Å². The molecule has 6 heteroatoms. The summed E-state index contributed by atoms with van der Waals surface area (Å²) in [6, 6.07) is 14.6. The van der Waals surface area contributed by atoms with Gasteiger partial charge in [-0.05, 0) is 37.3 Å². The SMILES string of the molecule is CCN(C(=O)C1CC(=O)N(c2ccc(Cl)c(Cl)c2)C1)c1ccccc1. The van der Waals surface area contributed by atoms with Gasteiger partial charge in [0.1, 0.15) is 0 Å². The number of hydrogen-bond acceptors (Lipinski definition) is 2. The molecule has 1 atom stereocenters. The highest BCUT2D eigenvalue weighted by Crippen LogP contribution is 2.32. The number of carbonyl (C=O) groups excluding carboxylic acids is 2. The van der Waals surface area contributed by atoms with E-state index in [0.717, 1.165) is 5.69 Å². The van der Waals surface area contributed by atoms with Crippen LogP contribution in [-0.2, 0) is 9.59 Å². The second-order valence-electron chi connectivity index (χ2n) is 5.92. The van der Waals surface area contributed by atoms with Crippen LogP contribution in [-0.4, -0.2) is 24.9 Å². The Hall–Kier alpha value is -2.04. The summed E-state index contributed by atoms with van der Waals surface area (Å²) in [6.45, 7) is 2.83. The first-order valence-electron chi connectivity index (χ1n) is 8.13. The Bertz CT molecular complexity index is 795.